The van der Waals surface area contributed by atoms with E-state index in [0.717, 1.165) is 16.8 Å². The maximum Gasteiger partial charge on any atom is 0.244 e. The molecule has 2 aromatic carbocycles. The van der Waals surface area contributed by atoms with Gasteiger partial charge in [0.15, 0.2) is 0 Å². The molecular weight excluding hydrogens is 302 g/mol. The molecule has 0 fully saturated rings. The molecule has 0 aliphatic heterocycles. The van der Waals surface area contributed by atoms with Crippen LogP contribution < -0.4 is 10.7 Å². The third kappa shape index (κ3) is 5.68. The van der Waals surface area contributed by atoms with E-state index in [4.69, 9.17) is 0 Å². The predicted octanol–water partition coefficient (Wildman–Crippen LogP) is 3.06. The zero-order chi connectivity index (χ0) is 17.4. The van der Waals surface area contributed by atoms with E-state index in [0.29, 0.717) is 5.71 Å². The van der Waals surface area contributed by atoms with Gasteiger partial charge in [-0.2, -0.15) is 5.10 Å². The lowest BCUT2D eigenvalue weighted by atomic mass is 10.1. The molecule has 0 aliphatic carbocycles. The standard InChI is InChI=1S/C19H21N3O2/c1-14-8-6-7-11-17(14)20-18(23)12-15(2)21-22-19(24)13-16-9-4-3-5-10-16/h3-11H,12-13H2,1-2H3,(H,20,23)(H,22,24). The van der Waals surface area contributed by atoms with E-state index in [1.807, 2.05) is 61.5 Å². The number of aryl methyl sites for hydroxylation is 1. The molecule has 0 atom stereocenters. The first kappa shape index (κ1) is 17.4. The molecule has 2 aromatic rings. The van der Waals surface area contributed by atoms with Crippen LogP contribution in [0.25, 0.3) is 0 Å². The topological polar surface area (TPSA) is 70.6 Å². The normalized spacial score (nSPS) is 11.0. The molecule has 0 spiro atoms. The van der Waals surface area contributed by atoms with Gasteiger partial charge in [-0.05, 0) is 31.0 Å². The number of hydrogen-bond acceptors (Lipinski definition) is 3. The first-order valence-corrected chi connectivity index (χ1v) is 7.76. The summed E-state index contributed by atoms with van der Waals surface area (Å²) in [4.78, 5) is 23.8. The minimum Gasteiger partial charge on any atom is -0.326 e. The van der Waals surface area contributed by atoms with Gasteiger partial charge in [-0.25, -0.2) is 5.43 Å². The lowest BCUT2D eigenvalue weighted by Gasteiger charge is -2.08. The summed E-state index contributed by atoms with van der Waals surface area (Å²) >= 11 is 0. The summed E-state index contributed by atoms with van der Waals surface area (Å²) in [6, 6.07) is 17.0. The van der Waals surface area contributed by atoms with Crippen LogP contribution in [0.5, 0.6) is 0 Å². The molecule has 0 heterocycles. The van der Waals surface area contributed by atoms with Crippen molar-refractivity contribution in [3.63, 3.8) is 0 Å². The van der Waals surface area contributed by atoms with E-state index >= 15 is 0 Å². The lowest BCUT2D eigenvalue weighted by molar-refractivity contribution is -0.120. The second-order valence-corrected chi connectivity index (χ2v) is 5.58. The first-order valence-electron chi connectivity index (χ1n) is 7.76. The van der Waals surface area contributed by atoms with Crippen molar-refractivity contribution in [1.29, 1.82) is 0 Å². The minimum atomic E-state index is -0.208. The monoisotopic (exact) mass is 323 g/mol. The summed E-state index contributed by atoms with van der Waals surface area (Å²) in [5, 5.41) is 6.82. The van der Waals surface area contributed by atoms with Crippen LogP contribution in [0, 0.1) is 6.92 Å². The van der Waals surface area contributed by atoms with E-state index in [1.165, 1.54) is 0 Å². The van der Waals surface area contributed by atoms with Crippen molar-refractivity contribution in [1.82, 2.24) is 5.43 Å². The quantitative estimate of drug-likeness (QED) is 0.633. The van der Waals surface area contributed by atoms with Gasteiger partial charge in [0.2, 0.25) is 11.8 Å². The third-order valence-corrected chi connectivity index (χ3v) is 3.41. The van der Waals surface area contributed by atoms with E-state index < -0.39 is 0 Å². The summed E-state index contributed by atoms with van der Waals surface area (Å²) in [5.74, 6) is -0.372. The van der Waals surface area contributed by atoms with Crippen LogP contribution in [0.1, 0.15) is 24.5 Å². The number of amides is 2. The molecule has 0 bridgehead atoms. The highest BCUT2D eigenvalue weighted by atomic mass is 16.2. The summed E-state index contributed by atoms with van der Waals surface area (Å²) in [6.07, 6.45) is 0.382. The van der Waals surface area contributed by atoms with Crippen molar-refractivity contribution in [3.05, 3.63) is 65.7 Å². The summed E-state index contributed by atoms with van der Waals surface area (Å²) in [7, 11) is 0. The van der Waals surface area contributed by atoms with Crippen molar-refractivity contribution in [2.24, 2.45) is 5.10 Å². The number of anilines is 1. The summed E-state index contributed by atoms with van der Waals surface area (Å²) in [5.41, 5.74) is 5.72. The SMILES string of the molecule is CC(CC(=O)Nc1ccccc1C)=NNC(=O)Cc1ccccc1. The molecule has 5 heteroatoms. The van der Waals surface area contributed by atoms with Crippen molar-refractivity contribution in [2.45, 2.75) is 26.7 Å². The fourth-order valence-corrected chi connectivity index (χ4v) is 2.16. The Hall–Kier alpha value is -2.95. The maximum absolute atomic E-state index is 12.0. The zero-order valence-electron chi connectivity index (χ0n) is 13.9. The van der Waals surface area contributed by atoms with Crippen LogP contribution in [0.2, 0.25) is 0 Å². The average molecular weight is 323 g/mol. The van der Waals surface area contributed by atoms with Crippen LogP contribution in [0.15, 0.2) is 59.7 Å². The zero-order valence-corrected chi connectivity index (χ0v) is 13.9. The van der Waals surface area contributed by atoms with Crippen molar-refractivity contribution < 1.29 is 9.59 Å². The van der Waals surface area contributed by atoms with Gasteiger partial charge in [0, 0.05) is 11.4 Å². The van der Waals surface area contributed by atoms with Crippen molar-refractivity contribution in [3.8, 4) is 0 Å². The Morgan fingerprint density at radius 2 is 1.62 bits per heavy atom. The fourth-order valence-electron chi connectivity index (χ4n) is 2.16. The van der Waals surface area contributed by atoms with Gasteiger partial charge in [0.05, 0.1) is 12.8 Å². The molecule has 2 rings (SSSR count). The first-order chi connectivity index (χ1) is 11.5. The van der Waals surface area contributed by atoms with Gasteiger partial charge >= 0.3 is 0 Å². The van der Waals surface area contributed by atoms with E-state index in [-0.39, 0.29) is 24.7 Å². The van der Waals surface area contributed by atoms with Crippen molar-refractivity contribution in [2.75, 3.05) is 5.32 Å². The molecule has 0 aliphatic rings. The van der Waals surface area contributed by atoms with E-state index in [9.17, 15) is 9.59 Å². The van der Waals surface area contributed by atoms with Crippen LogP contribution in [-0.2, 0) is 16.0 Å². The summed E-state index contributed by atoms with van der Waals surface area (Å²) < 4.78 is 0. The van der Waals surface area contributed by atoms with Crippen LogP contribution in [-0.4, -0.2) is 17.5 Å². The molecule has 5 nitrogen and oxygen atoms in total. The number of nitrogens with one attached hydrogen (secondary N) is 2. The van der Waals surface area contributed by atoms with Gasteiger partial charge in [-0.3, -0.25) is 9.59 Å². The highest BCUT2D eigenvalue weighted by Gasteiger charge is 2.07. The molecular formula is C19H21N3O2. The maximum atomic E-state index is 12.0. The van der Waals surface area contributed by atoms with Gasteiger partial charge < -0.3 is 5.32 Å². The second-order valence-electron chi connectivity index (χ2n) is 5.58. The summed E-state index contributed by atoms with van der Waals surface area (Å²) in [6.45, 7) is 3.64. The number of nitrogens with zero attached hydrogens (tertiary/aromatic N) is 1. The molecule has 124 valence electrons. The Kier molecular flexibility index (Phi) is 6.25. The van der Waals surface area contributed by atoms with Gasteiger partial charge in [0.25, 0.3) is 0 Å². The number of rotatable bonds is 6. The Morgan fingerprint density at radius 3 is 2.33 bits per heavy atom. The average Bonchev–Trinajstić information content (AvgIpc) is 2.56. The Balaban J connectivity index is 1.82. The van der Waals surface area contributed by atoms with Gasteiger partial charge in [-0.15, -0.1) is 0 Å². The molecule has 0 radical (unpaired) electrons. The van der Waals surface area contributed by atoms with Crippen LogP contribution in [0.3, 0.4) is 0 Å². The number of hydrazone groups is 1. The van der Waals surface area contributed by atoms with Crippen molar-refractivity contribution >= 4 is 23.2 Å². The Morgan fingerprint density at radius 1 is 0.958 bits per heavy atom. The largest absolute Gasteiger partial charge is 0.326 e. The molecule has 0 saturated carbocycles. The number of hydrogen-bond donors (Lipinski definition) is 2. The molecule has 0 saturated heterocycles. The van der Waals surface area contributed by atoms with Gasteiger partial charge in [-0.1, -0.05) is 48.5 Å². The van der Waals surface area contributed by atoms with E-state index in [2.05, 4.69) is 15.8 Å². The van der Waals surface area contributed by atoms with Gasteiger partial charge in [0.1, 0.15) is 0 Å². The van der Waals surface area contributed by atoms with E-state index in [1.54, 1.807) is 6.92 Å². The van der Waals surface area contributed by atoms with Crippen LogP contribution >= 0.6 is 0 Å². The smallest absolute Gasteiger partial charge is 0.244 e. The molecule has 0 unspecified atom stereocenters. The Bertz CT molecular complexity index is 739. The Labute approximate surface area is 141 Å². The highest BCUT2D eigenvalue weighted by Crippen LogP contribution is 2.13. The number of carbonyl (C=O) groups is 2. The number of carbonyl (C=O) groups excluding carboxylic acids is 2. The number of para-hydroxylation sites is 1. The molecule has 24 heavy (non-hydrogen) atoms. The van der Waals surface area contributed by atoms with Crippen LogP contribution in [0.4, 0.5) is 5.69 Å². The molecule has 2 amide bonds. The minimum absolute atomic E-state index is 0.125. The molecule has 2 N–H and O–H groups in total. The molecule has 0 aromatic heterocycles. The second kappa shape index (κ2) is 8.62. The lowest BCUT2D eigenvalue weighted by Crippen LogP contribution is -2.23. The fraction of sp³-hybridized carbons (Fsp3) is 0.211. The predicted molar refractivity (Wildman–Crippen MR) is 95.8 cm³/mol. The third-order valence-electron chi connectivity index (χ3n) is 3.41. The number of benzene rings is 2. The highest BCUT2D eigenvalue weighted by molar-refractivity contribution is 6.06.